The number of hydrogen-bond donors (Lipinski definition) is 2. The Hall–Kier alpha value is -3.26. The van der Waals surface area contributed by atoms with E-state index in [0.29, 0.717) is 29.7 Å². The van der Waals surface area contributed by atoms with Crippen molar-refractivity contribution in [3.8, 4) is 22.4 Å². The van der Waals surface area contributed by atoms with E-state index in [1.807, 2.05) is 60.7 Å². The van der Waals surface area contributed by atoms with Crippen molar-refractivity contribution in [1.82, 2.24) is 15.5 Å². The molecular formula is C23H23N3O4S. The van der Waals surface area contributed by atoms with Gasteiger partial charge >= 0.3 is 0 Å². The smallest absolute Gasteiger partial charge is 0.277 e. The van der Waals surface area contributed by atoms with Crippen LogP contribution in [0.4, 0.5) is 0 Å². The third-order valence-electron chi connectivity index (χ3n) is 5.52. The van der Waals surface area contributed by atoms with Gasteiger partial charge in [-0.25, -0.2) is 13.5 Å². The molecule has 0 aliphatic carbocycles. The van der Waals surface area contributed by atoms with Crippen molar-refractivity contribution in [2.24, 2.45) is 0 Å². The maximum atomic E-state index is 13.1. The summed E-state index contributed by atoms with van der Waals surface area (Å²) in [5.74, 6) is -0.475. The van der Waals surface area contributed by atoms with Crippen LogP contribution in [0.25, 0.3) is 22.4 Å². The Kier molecular flexibility index (Phi) is 5.99. The number of carbonyl (C=O) groups is 1. The van der Waals surface area contributed by atoms with Gasteiger partial charge in [0.2, 0.25) is 0 Å². The van der Waals surface area contributed by atoms with Crippen LogP contribution in [0.1, 0.15) is 29.6 Å². The number of benzene rings is 2. The van der Waals surface area contributed by atoms with E-state index in [-0.39, 0.29) is 17.9 Å². The number of nitrogens with zero attached hydrogens (tertiary/aromatic N) is 1. The highest BCUT2D eigenvalue weighted by atomic mass is 32.2. The first-order valence-corrected chi connectivity index (χ1v) is 11.9. The quantitative estimate of drug-likeness (QED) is 0.638. The molecule has 0 saturated carbocycles. The summed E-state index contributed by atoms with van der Waals surface area (Å²) in [6.45, 7) is -0.0160. The van der Waals surface area contributed by atoms with Crippen LogP contribution in [0.5, 0.6) is 0 Å². The number of aromatic nitrogens is 2. The maximum absolute atomic E-state index is 13.1. The molecule has 0 radical (unpaired) electrons. The van der Waals surface area contributed by atoms with Gasteiger partial charge < -0.3 is 5.32 Å². The van der Waals surface area contributed by atoms with E-state index in [9.17, 15) is 18.0 Å². The molecule has 2 N–H and O–H groups in total. The third-order valence-corrected chi connectivity index (χ3v) is 7.80. The van der Waals surface area contributed by atoms with Crippen LogP contribution < -0.4 is 10.9 Å². The molecule has 160 valence electrons. The Bertz CT molecular complexity index is 1240. The minimum absolute atomic E-state index is 0.0160. The van der Waals surface area contributed by atoms with Gasteiger partial charge in [-0.05, 0) is 18.4 Å². The van der Waals surface area contributed by atoms with Crippen LogP contribution in [0, 0.1) is 0 Å². The number of carbonyl (C=O) groups excluding carboxylic acids is 1. The molecule has 1 aliphatic heterocycles. The van der Waals surface area contributed by atoms with E-state index in [0.717, 1.165) is 12.0 Å². The Balaban J connectivity index is 1.76. The minimum Gasteiger partial charge on any atom is -0.351 e. The number of nitrogens with one attached hydrogen (secondary N) is 2. The molecule has 1 saturated heterocycles. The summed E-state index contributed by atoms with van der Waals surface area (Å²) in [4.78, 5) is 25.9. The topological polar surface area (TPSA) is 109 Å². The molecule has 4 rings (SSSR count). The summed E-state index contributed by atoms with van der Waals surface area (Å²) in [6, 6.07) is 18.4. The number of sulfone groups is 1. The number of amides is 1. The van der Waals surface area contributed by atoms with Crippen LogP contribution in [0.3, 0.4) is 0 Å². The molecule has 7 nitrogen and oxygen atoms in total. The molecule has 1 aliphatic rings. The number of aromatic amines is 1. The summed E-state index contributed by atoms with van der Waals surface area (Å²) in [7, 11) is -3.24. The largest absolute Gasteiger partial charge is 0.351 e. The standard InChI is InChI=1S/C23H23N3O4S/c27-22(24-15-18-13-7-8-14-31(18,29)30)20-19(16-9-3-1-4-10-16)21(25-26-23(20)28)17-11-5-2-6-12-17/h1-6,9-12,18H,7-8,13-15H2,(H,24,27)(H,26,28). The van der Waals surface area contributed by atoms with Crippen LogP contribution in [-0.4, -0.2) is 42.1 Å². The average Bonchev–Trinajstić information content (AvgIpc) is 2.79. The van der Waals surface area contributed by atoms with E-state index >= 15 is 0 Å². The number of H-pyrrole nitrogens is 1. The zero-order chi connectivity index (χ0) is 21.8. The van der Waals surface area contributed by atoms with Crippen molar-refractivity contribution in [2.75, 3.05) is 12.3 Å². The lowest BCUT2D eigenvalue weighted by molar-refractivity contribution is 0.0952. The van der Waals surface area contributed by atoms with E-state index in [1.165, 1.54) is 0 Å². The Labute approximate surface area is 180 Å². The Morgan fingerprint density at radius 1 is 1.00 bits per heavy atom. The Morgan fingerprint density at radius 2 is 1.65 bits per heavy atom. The second-order valence-corrected chi connectivity index (χ2v) is 9.98. The fourth-order valence-electron chi connectivity index (χ4n) is 3.90. The molecule has 2 heterocycles. The molecule has 0 spiro atoms. The molecule has 31 heavy (non-hydrogen) atoms. The zero-order valence-corrected chi connectivity index (χ0v) is 17.7. The molecule has 1 aromatic heterocycles. The maximum Gasteiger partial charge on any atom is 0.277 e. The Morgan fingerprint density at radius 3 is 2.29 bits per heavy atom. The minimum atomic E-state index is -3.24. The van der Waals surface area contributed by atoms with Crippen LogP contribution >= 0.6 is 0 Å². The van der Waals surface area contributed by atoms with Gasteiger partial charge in [-0.1, -0.05) is 67.1 Å². The van der Waals surface area contributed by atoms with Gasteiger partial charge in [-0.3, -0.25) is 9.59 Å². The monoisotopic (exact) mass is 437 g/mol. The van der Waals surface area contributed by atoms with Crippen molar-refractivity contribution in [2.45, 2.75) is 24.5 Å². The summed E-state index contributed by atoms with van der Waals surface area (Å²) in [6.07, 6.45) is 1.97. The SMILES string of the molecule is O=C(NCC1CCCCS1(=O)=O)c1c(-c2ccccc2)c(-c2ccccc2)n[nH]c1=O. The molecule has 3 aromatic rings. The van der Waals surface area contributed by atoms with Crippen molar-refractivity contribution in [1.29, 1.82) is 0 Å². The molecule has 2 aromatic carbocycles. The molecule has 0 bridgehead atoms. The van der Waals surface area contributed by atoms with E-state index in [1.54, 1.807) is 0 Å². The second-order valence-electron chi connectivity index (χ2n) is 7.58. The highest BCUT2D eigenvalue weighted by Crippen LogP contribution is 2.31. The first-order valence-electron chi connectivity index (χ1n) is 10.2. The van der Waals surface area contributed by atoms with E-state index in [2.05, 4.69) is 15.5 Å². The number of rotatable bonds is 5. The second kappa shape index (κ2) is 8.85. The lowest BCUT2D eigenvalue weighted by Crippen LogP contribution is -2.41. The van der Waals surface area contributed by atoms with Crippen LogP contribution in [0.15, 0.2) is 65.5 Å². The van der Waals surface area contributed by atoms with Crippen LogP contribution in [-0.2, 0) is 9.84 Å². The molecular weight excluding hydrogens is 414 g/mol. The predicted octanol–water partition coefficient (Wildman–Crippen LogP) is 2.80. The highest BCUT2D eigenvalue weighted by Gasteiger charge is 2.30. The summed E-state index contributed by atoms with van der Waals surface area (Å²) in [5.41, 5.74) is 1.62. The van der Waals surface area contributed by atoms with Crippen molar-refractivity contribution >= 4 is 15.7 Å². The molecule has 1 atom stereocenters. The fraction of sp³-hybridized carbons (Fsp3) is 0.261. The lowest BCUT2D eigenvalue weighted by atomic mass is 9.95. The normalized spacial score (nSPS) is 17.7. The van der Waals surface area contributed by atoms with Crippen molar-refractivity contribution in [3.05, 3.63) is 76.6 Å². The fourth-order valence-corrected chi connectivity index (χ4v) is 5.71. The van der Waals surface area contributed by atoms with E-state index in [4.69, 9.17) is 0 Å². The summed E-state index contributed by atoms with van der Waals surface area (Å²) in [5, 5.41) is 8.72. The van der Waals surface area contributed by atoms with Crippen molar-refractivity contribution < 1.29 is 13.2 Å². The first kappa shape index (κ1) is 21.0. The van der Waals surface area contributed by atoms with Gasteiger partial charge in [0.15, 0.2) is 9.84 Å². The molecule has 1 fully saturated rings. The van der Waals surface area contributed by atoms with Gasteiger partial charge in [-0.2, -0.15) is 5.10 Å². The summed E-state index contributed by atoms with van der Waals surface area (Å²) < 4.78 is 24.6. The zero-order valence-electron chi connectivity index (χ0n) is 16.9. The van der Waals surface area contributed by atoms with E-state index < -0.39 is 26.6 Å². The molecule has 8 heteroatoms. The van der Waals surface area contributed by atoms with Gasteiger partial charge in [0.1, 0.15) is 5.56 Å². The lowest BCUT2D eigenvalue weighted by Gasteiger charge is -2.22. The van der Waals surface area contributed by atoms with Gasteiger partial charge in [0.05, 0.1) is 16.7 Å². The molecule has 1 amide bonds. The highest BCUT2D eigenvalue weighted by molar-refractivity contribution is 7.92. The average molecular weight is 438 g/mol. The molecule has 1 unspecified atom stereocenters. The summed E-state index contributed by atoms with van der Waals surface area (Å²) >= 11 is 0. The van der Waals surface area contributed by atoms with Gasteiger partial charge in [0.25, 0.3) is 11.5 Å². The first-order chi connectivity index (χ1) is 15.0. The van der Waals surface area contributed by atoms with Gasteiger partial charge in [-0.15, -0.1) is 0 Å². The van der Waals surface area contributed by atoms with Crippen LogP contribution in [0.2, 0.25) is 0 Å². The van der Waals surface area contributed by atoms with Gasteiger partial charge in [0, 0.05) is 17.7 Å². The van der Waals surface area contributed by atoms with Crippen molar-refractivity contribution in [3.63, 3.8) is 0 Å². The predicted molar refractivity (Wildman–Crippen MR) is 119 cm³/mol. The number of hydrogen-bond acceptors (Lipinski definition) is 5. The third kappa shape index (κ3) is 4.44.